The lowest BCUT2D eigenvalue weighted by molar-refractivity contribution is -0.00000376. The molecule has 0 bridgehead atoms. The van der Waals surface area contributed by atoms with Crippen molar-refractivity contribution in [3.63, 3.8) is 0 Å². The SMILES string of the molecule is COc1ccc(-c2nc3n(c2N)CCS3)cc1.[Cl-]. The maximum atomic E-state index is 6.11. The summed E-state index contributed by atoms with van der Waals surface area (Å²) in [4.78, 5) is 4.58. The first kappa shape index (κ1) is 13.1. The Morgan fingerprint density at radius 2 is 2.06 bits per heavy atom. The Balaban J connectivity index is 0.00000120. The first-order valence-corrected chi connectivity index (χ1v) is 6.41. The molecular formula is C12H13ClN3OS-. The van der Waals surface area contributed by atoms with Crippen LogP contribution in [-0.4, -0.2) is 22.4 Å². The molecule has 1 aliphatic heterocycles. The van der Waals surface area contributed by atoms with Crippen LogP contribution in [-0.2, 0) is 6.54 Å². The van der Waals surface area contributed by atoms with Gasteiger partial charge in [0.1, 0.15) is 17.3 Å². The van der Waals surface area contributed by atoms with Crippen molar-refractivity contribution in [1.82, 2.24) is 9.55 Å². The fourth-order valence-electron chi connectivity index (χ4n) is 1.96. The Labute approximate surface area is 116 Å². The Kier molecular flexibility index (Phi) is 3.73. The number of nitrogens with zero attached hydrogens (tertiary/aromatic N) is 2. The molecular weight excluding hydrogens is 270 g/mol. The van der Waals surface area contributed by atoms with Crippen LogP contribution in [0, 0.1) is 0 Å². The Morgan fingerprint density at radius 3 is 2.67 bits per heavy atom. The van der Waals surface area contributed by atoms with Gasteiger partial charge < -0.3 is 27.4 Å². The molecule has 1 aliphatic rings. The standard InChI is InChI=1S/C12H13N3OS.ClH/c1-16-9-4-2-8(3-5-9)10-11(13)15-6-7-17-12(15)14-10;/h2-5H,6-7,13H2,1H3;1H/p-1. The highest BCUT2D eigenvalue weighted by Crippen LogP contribution is 2.34. The van der Waals surface area contributed by atoms with Crippen LogP contribution >= 0.6 is 11.8 Å². The van der Waals surface area contributed by atoms with Crippen molar-refractivity contribution in [2.45, 2.75) is 11.7 Å². The van der Waals surface area contributed by atoms with Crippen molar-refractivity contribution in [3.8, 4) is 17.0 Å². The van der Waals surface area contributed by atoms with Crippen LogP contribution in [0.3, 0.4) is 0 Å². The third-order valence-electron chi connectivity index (χ3n) is 2.88. The van der Waals surface area contributed by atoms with Gasteiger partial charge in [-0.25, -0.2) is 4.98 Å². The summed E-state index contributed by atoms with van der Waals surface area (Å²) < 4.78 is 7.21. The summed E-state index contributed by atoms with van der Waals surface area (Å²) in [6.45, 7) is 0.953. The van der Waals surface area contributed by atoms with Crippen molar-refractivity contribution >= 4 is 17.6 Å². The van der Waals surface area contributed by atoms with Gasteiger partial charge in [-0.1, -0.05) is 11.8 Å². The van der Waals surface area contributed by atoms with E-state index in [0.717, 1.165) is 40.3 Å². The van der Waals surface area contributed by atoms with Crippen LogP contribution in [0.25, 0.3) is 11.3 Å². The second-order valence-electron chi connectivity index (χ2n) is 3.86. The van der Waals surface area contributed by atoms with E-state index in [4.69, 9.17) is 10.5 Å². The van der Waals surface area contributed by atoms with Gasteiger partial charge in [-0.2, -0.15) is 0 Å². The minimum absolute atomic E-state index is 0. The van der Waals surface area contributed by atoms with E-state index in [1.165, 1.54) is 0 Å². The summed E-state index contributed by atoms with van der Waals surface area (Å²) in [5.74, 6) is 2.67. The molecule has 0 unspecified atom stereocenters. The van der Waals surface area contributed by atoms with Crippen molar-refractivity contribution in [2.24, 2.45) is 0 Å². The zero-order chi connectivity index (χ0) is 11.8. The van der Waals surface area contributed by atoms with E-state index in [2.05, 4.69) is 9.55 Å². The van der Waals surface area contributed by atoms with E-state index in [9.17, 15) is 0 Å². The second-order valence-corrected chi connectivity index (χ2v) is 4.92. The Bertz CT molecular complexity index is 553. The van der Waals surface area contributed by atoms with Gasteiger partial charge in [-0.3, -0.25) is 0 Å². The van der Waals surface area contributed by atoms with Crippen molar-refractivity contribution in [2.75, 3.05) is 18.6 Å². The van der Waals surface area contributed by atoms with Gasteiger partial charge in [0.15, 0.2) is 5.16 Å². The number of rotatable bonds is 2. The van der Waals surface area contributed by atoms with Crippen LogP contribution in [0.5, 0.6) is 5.75 Å². The van der Waals surface area contributed by atoms with Gasteiger partial charge in [-0.15, -0.1) is 0 Å². The molecule has 0 aliphatic carbocycles. The number of nitrogens with two attached hydrogens (primary N) is 1. The highest BCUT2D eigenvalue weighted by Gasteiger charge is 2.20. The molecule has 1 aromatic carbocycles. The first-order valence-electron chi connectivity index (χ1n) is 5.43. The number of nitrogen functional groups attached to an aromatic ring is 1. The van der Waals surface area contributed by atoms with E-state index in [1.807, 2.05) is 24.3 Å². The predicted molar refractivity (Wildman–Crippen MR) is 69.4 cm³/mol. The molecule has 96 valence electrons. The summed E-state index contributed by atoms with van der Waals surface area (Å²) in [5, 5.41) is 1.02. The van der Waals surface area contributed by atoms with Crippen LogP contribution in [0.4, 0.5) is 5.82 Å². The van der Waals surface area contributed by atoms with Gasteiger partial charge in [-0.05, 0) is 24.3 Å². The molecule has 0 atom stereocenters. The third kappa shape index (κ3) is 2.04. The van der Waals surface area contributed by atoms with E-state index < -0.39 is 0 Å². The Hall–Kier alpha value is -1.33. The quantitative estimate of drug-likeness (QED) is 0.788. The number of thioether (sulfide) groups is 1. The minimum Gasteiger partial charge on any atom is -1.00 e. The van der Waals surface area contributed by atoms with E-state index >= 15 is 0 Å². The maximum absolute atomic E-state index is 6.11. The van der Waals surface area contributed by atoms with Crippen molar-refractivity contribution in [1.29, 1.82) is 0 Å². The average Bonchev–Trinajstić information content (AvgIpc) is 2.93. The monoisotopic (exact) mass is 282 g/mol. The van der Waals surface area contributed by atoms with Crippen LogP contribution in [0.1, 0.15) is 0 Å². The smallest absolute Gasteiger partial charge is 0.170 e. The number of imidazole rings is 1. The van der Waals surface area contributed by atoms with Gasteiger partial charge >= 0.3 is 0 Å². The maximum Gasteiger partial charge on any atom is 0.170 e. The number of aromatic nitrogens is 2. The lowest BCUT2D eigenvalue weighted by atomic mass is 10.1. The number of halogens is 1. The molecule has 0 saturated heterocycles. The highest BCUT2D eigenvalue weighted by atomic mass is 35.5. The van der Waals surface area contributed by atoms with E-state index in [1.54, 1.807) is 18.9 Å². The van der Waals surface area contributed by atoms with Gasteiger partial charge in [0, 0.05) is 17.9 Å². The topological polar surface area (TPSA) is 53.1 Å². The van der Waals surface area contributed by atoms with Crippen molar-refractivity contribution < 1.29 is 17.1 Å². The van der Waals surface area contributed by atoms with Gasteiger partial charge in [0.05, 0.1) is 7.11 Å². The van der Waals surface area contributed by atoms with Gasteiger partial charge in [0.2, 0.25) is 0 Å². The molecule has 18 heavy (non-hydrogen) atoms. The molecule has 6 heteroatoms. The molecule has 2 heterocycles. The lowest BCUT2D eigenvalue weighted by Gasteiger charge is -2.03. The highest BCUT2D eigenvalue weighted by molar-refractivity contribution is 7.99. The number of fused-ring (bicyclic) bond motifs is 1. The number of methoxy groups -OCH3 is 1. The third-order valence-corrected chi connectivity index (χ3v) is 3.84. The summed E-state index contributed by atoms with van der Waals surface area (Å²) in [5.41, 5.74) is 8.02. The molecule has 0 saturated carbocycles. The fraction of sp³-hybridized carbons (Fsp3) is 0.250. The zero-order valence-corrected chi connectivity index (χ0v) is 11.5. The molecule has 2 N–H and O–H groups in total. The average molecular weight is 283 g/mol. The summed E-state index contributed by atoms with van der Waals surface area (Å²) in [7, 11) is 1.66. The zero-order valence-electron chi connectivity index (χ0n) is 9.89. The minimum atomic E-state index is 0. The summed E-state index contributed by atoms with van der Waals surface area (Å²) in [6, 6.07) is 7.81. The molecule has 4 nitrogen and oxygen atoms in total. The number of hydrogen-bond donors (Lipinski definition) is 1. The number of anilines is 1. The fourth-order valence-corrected chi connectivity index (χ4v) is 2.92. The molecule has 0 radical (unpaired) electrons. The van der Waals surface area contributed by atoms with Gasteiger partial charge in [0.25, 0.3) is 0 Å². The molecule has 0 amide bonds. The van der Waals surface area contributed by atoms with Crippen molar-refractivity contribution in [3.05, 3.63) is 24.3 Å². The molecule has 0 fully saturated rings. The normalized spacial score (nSPS) is 12.9. The molecule has 3 rings (SSSR count). The largest absolute Gasteiger partial charge is 1.00 e. The summed E-state index contributed by atoms with van der Waals surface area (Å²) in [6.07, 6.45) is 0. The van der Waals surface area contributed by atoms with E-state index in [0.29, 0.717) is 0 Å². The molecule has 1 aromatic heterocycles. The van der Waals surface area contributed by atoms with E-state index in [-0.39, 0.29) is 12.4 Å². The number of hydrogen-bond acceptors (Lipinski definition) is 4. The van der Waals surface area contributed by atoms with Crippen LogP contribution in [0.15, 0.2) is 29.4 Å². The molecule has 0 spiro atoms. The first-order chi connectivity index (χ1) is 8.29. The molecule has 2 aromatic rings. The predicted octanol–water partition coefficient (Wildman–Crippen LogP) is -0.749. The van der Waals surface area contributed by atoms with Crippen LogP contribution < -0.4 is 22.9 Å². The lowest BCUT2D eigenvalue weighted by Crippen LogP contribution is -3.00. The Morgan fingerprint density at radius 1 is 1.33 bits per heavy atom. The summed E-state index contributed by atoms with van der Waals surface area (Å²) >= 11 is 1.75. The van der Waals surface area contributed by atoms with Crippen LogP contribution in [0.2, 0.25) is 0 Å². The number of ether oxygens (including phenoxy) is 1. The second kappa shape index (κ2) is 5.12. The number of benzene rings is 1.